The zero-order chi connectivity index (χ0) is 23.5. The molecule has 0 aromatic carbocycles. The Bertz CT molecular complexity index is 657. The van der Waals surface area contributed by atoms with Gasteiger partial charge >= 0.3 is 0 Å². The molecule has 3 nitrogen and oxygen atoms in total. The molecule has 0 aromatic heterocycles. The normalized spacial score (nSPS) is 40.3. The van der Waals surface area contributed by atoms with Gasteiger partial charge in [0.2, 0.25) is 0 Å². The van der Waals surface area contributed by atoms with Gasteiger partial charge in [0.1, 0.15) is 0 Å². The Balaban J connectivity index is 1.34. The minimum absolute atomic E-state index is 0.0934. The lowest BCUT2D eigenvalue weighted by Crippen LogP contribution is -2.50. The molecular formula is C30H52O3. The van der Waals surface area contributed by atoms with Crippen LogP contribution < -0.4 is 0 Å². The number of fused-ring (bicyclic) bond motifs is 5. The third-order valence-electron chi connectivity index (χ3n) is 10.7. The van der Waals surface area contributed by atoms with Gasteiger partial charge in [-0.3, -0.25) is 0 Å². The predicted octanol–water partition coefficient (Wildman–Crippen LogP) is 7.18. The second-order valence-electron chi connectivity index (χ2n) is 12.8. The summed E-state index contributed by atoms with van der Waals surface area (Å²) in [6, 6.07) is 0. The van der Waals surface area contributed by atoms with Crippen molar-refractivity contribution in [1.29, 1.82) is 0 Å². The van der Waals surface area contributed by atoms with Gasteiger partial charge in [-0.25, -0.2) is 0 Å². The minimum Gasteiger partial charge on any atom is -0.394 e. The Kier molecular flexibility index (Phi) is 8.67. The maximum absolute atomic E-state index is 8.85. The molecule has 0 spiro atoms. The zero-order valence-corrected chi connectivity index (χ0v) is 22.1. The molecule has 3 heteroatoms. The molecule has 33 heavy (non-hydrogen) atoms. The maximum Gasteiger partial charge on any atom is 0.0704 e. The van der Waals surface area contributed by atoms with Gasteiger partial charge in [-0.15, -0.1) is 0 Å². The standard InChI is InChI=1S/C30H52O3/c1-22(2)7-5-6-8-23-10-12-27-26-11-9-24-21-25(33-20-19-32-18-17-31)13-15-30(24,4)28(26)14-16-29(23,27)3/h9,22-23,25-28,31H,5-8,10-21H2,1-4H3/t23-,25?,26?,27?,28?,29+,30-/m0/s1. The molecule has 0 amide bonds. The molecule has 190 valence electrons. The van der Waals surface area contributed by atoms with Crippen molar-refractivity contribution >= 4 is 0 Å². The number of ether oxygens (including phenoxy) is 2. The molecule has 4 aliphatic rings. The number of aliphatic hydroxyl groups is 1. The zero-order valence-electron chi connectivity index (χ0n) is 22.1. The summed E-state index contributed by atoms with van der Waals surface area (Å²) in [4.78, 5) is 0. The summed E-state index contributed by atoms with van der Waals surface area (Å²) in [6.45, 7) is 11.8. The van der Waals surface area contributed by atoms with Gasteiger partial charge < -0.3 is 14.6 Å². The largest absolute Gasteiger partial charge is 0.394 e. The van der Waals surface area contributed by atoms with Crippen LogP contribution >= 0.6 is 0 Å². The fourth-order valence-corrected chi connectivity index (χ4v) is 8.74. The third kappa shape index (κ3) is 5.41. The van der Waals surface area contributed by atoms with Crippen molar-refractivity contribution in [2.24, 2.45) is 40.4 Å². The van der Waals surface area contributed by atoms with Crippen molar-refractivity contribution < 1.29 is 14.6 Å². The van der Waals surface area contributed by atoms with Gasteiger partial charge in [0.15, 0.2) is 0 Å². The number of hydrogen-bond acceptors (Lipinski definition) is 3. The first kappa shape index (κ1) is 25.7. The molecule has 4 rings (SSSR count). The molecule has 0 saturated heterocycles. The summed E-state index contributed by atoms with van der Waals surface area (Å²) in [7, 11) is 0. The van der Waals surface area contributed by atoms with E-state index >= 15 is 0 Å². The van der Waals surface area contributed by atoms with Gasteiger partial charge in [-0.05, 0) is 98.2 Å². The molecule has 0 bridgehead atoms. The fraction of sp³-hybridized carbons (Fsp3) is 0.933. The van der Waals surface area contributed by atoms with Gasteiger partial charge in [0.25, 0.3) is 0 Å². The summed E-state index contributed by atoms with van der Waals surface area (Å²) in [5, 5.41) is 8.85. The van der Waals surface area contributed by atoms with E-state index in [0.717, 1.165) is 36.0 Å². The van der Waals surface area contributed by atoms with Crippen molar-refractivity contribution in [1.82, 2.24) is 0 Å². The quantitative estimate of drug-likeness (QED) is 0.262. The second-order valence-corrected chi connectivity index (χ2v) is 12.8. The highest BCUT2D eigenvalue weighted by Gasteiger charge is 2.58. The topological polar surface area (TPSA) is 38.7 Å². The summed E-state index contributed by atoms with van der Waals surface area (Å²) < 4.78 is 11.6. The van der Waals surface area contributed by atoms with Crippen LogP contribution in [0.25, 0.3) is 0 Å². The smallest absolute Gasteiger partial charge is 0.0704 e. The van der Waals surface area contributed by atoms with Gasteiger partial charge in [-0.1, -0.05) is 58.6 Å². The molecule has 3 saturated carbocycles. The molecule has 7 atom stereocenters. The van der Waals surface area contributed by atoms with Gasteiger partial charge in [-0.2, -0.15) is 0 Å². The summed E-state index contributed by atoms with van der Waals surface area (Å²) in [5.74, 6) is 4.60. The molecule has 0 radical (unpaired) electrons. The van der Waals surface area contributed by atoms with E-state index in [1.54, 1.807) is 5.57 Å². The highest BCUT2D eigenvalue weighted by atomic mass is 16.5. The highest BCUT2D eigenvalue weighted by molar-refractivity contribution is 5.25. The van der Waals surface area contributed by atoms with Crippen LogP contribution in [0.5, 0.6) is 0 Å². The molecule has 1 N–H and O–H groups in total. The van der Waals surface area contributed by atoms with E-state index in [2.05, 4.69) is 33.8 Å². The van der Waals surface area contributed by atoms with Crippen LogP contribution in [0.3, 0.4) is 0 Å². The van der Waals surface area contributed by atoms with E-state index in [-0.39, 0.29) is 6.61 Å². The van der Waals surface area contributed by atoms with Crippen LogP contribution in [0.2, 0.25) is 0 Å². The van der Waals surface area contributed by atoms with E-state index < -0.39 is 0 Å². The first-order valence-electron chi connectivity index (χ1n) is 14.4. The van der Waals surface area contributed by atoms with Crippen molar-refractivity contribution in [2.75, 3.05) is 26.4 Å². The SMILES string of the molecule is CC(C)CCCC[C@H]1CCC2C3CC=C4CC(OCCOCCO)CC[C@]4(C)C3CC[C@@]21C. The van der Waals surface area contributed by atoms with E-state index in [1.807, 2.05) is 0 Å². The van der Waals surface area contributed by atoms with Crippen LogP contribution in [0.15, 0.2) is 11.6 Å². The molecule has 4 unspecified atom stereocenters. The highest BCUT2D eigenvalue weighted by Crippen LogP contribution is 2.66. The minimum atomic E-state index is 0.0934. The Labute approximate surface area is 204 Å². The summed E-state index contributed by atoms with van der Waals surface area (Å²) in [5.41, 5.74) is 2.73. The van der Waals surface area contributed by atoms with Crippen molar-refractivity contribution in [3.8, 4) is 0 Å². The average Bonchev–Trinajstić information content (AvgIpc) is 3.13. The van der Waals surface area contributed by atoms with E-state index in [4.69, 9.17) is 14.6 Å². The monoisotopic (exact) mass is 460 g/mol. The Morgan fingerprint density at radius 3 is 2.64 bits per heavy atom. The number of hydrogen-bond donors (Lipinski definition) is 1. The first-order chi connectivity index (χ1) is 15.9. The maximum atomic E-state index is 8.85. The number of rotatable bonds is 11. The molecule has 4 aliphatic carbocycles. The first-order valence-corrected chi connectivity index (χ1v) is 14.4. The Hall–Kier alpha value is -0.380. The number of allylic oxidation sites excluding steroid dienone is 1. The average molecular weight is 461 g/mol. The van der Waals surface area contributed by atoms with Crippen molar-refractivity contribution in [2.45, 2.75) is 111 Å². The fourth-order valence-electron chi connectivity index (χ4n) is 8.74. The van der Waals surface area contributed by atoms with Crippen LogP contribution in [-0.2, 0) is 9.47 Å². The molecule has 0 heterocycles. The van der Waals surface area contributed by atoms with E-state index in [1.165, 1.54) is 70.6 Å². The number of aliphatic hydroxyl groups excluding tert-OH is 1. The summed E-state index contributed by atoms with van der Waals surface area (Å²) >= 11 is 0. The van der Waals surface area contributed by atoms with E-state index in [9.17, 15) is 0 Å². The van der Waals surface area contributed by atoms with Crippen LogP contribution in [0.1, 0.15) is 105 Å². The third-order valence-corrected chi connectivity index (χ3v) is 10.7. The van der Waals surface area contributed by atoms with Crippen LogP contribution in [0.4, 0.5) is 0 Å². The van der Waals surface area contributed by atoms with Crippen molar-refractivity contribution in [3.05, 3.63) is 11.6 Å². The lowest BCUT2D eigenvalue weighted by molar-refractivity contribution is -0.0641. The second kappa shape index (κ2) is 11.1. The lowest BCUT2D eigenvalue weighted by Gasteiger charge is -2.58. The predicted molar refractivity (Wildman–Crippen MR) is 136 cm³/mol. The molecule has 0 aromatic rings. The van der Waals surface area contributed by atoms with Gasteiger partial charge in [0, 0.05) is 0 Å². The molecule has 3 fully saturated rings. The lowest BCUT2D eigenvalue weighted by atomic mass is 9.47. The Morgan fingerprint density at radius 1 is 1.00 bits per heavy atom. The van der Waals surface area contributed by atoms with Gasteiger partial charge in [0.05, 0.1) is 32.5 Å². The number of unbranched alkanes of at least 4 members (excludes halogenated alkanes) is 1. The molecular weight excluding hydrogens is 408 g/mol. The molecule has 0 aliphatic heterocycles. The van der Waals surface area contributed by atoms with E-state index in [0.29, 0.717) is 36.8 Å². The summed E-state index contributed by atoms with van der Waals surface area (Å²) in [6.07, 6.45) is 19.6. The van der Waals surface area contributed by atoms with Crippen molar-refractivity contribution in [3.63, 3.8) is 0 Å². The van der Waals surface area contributed by atoms with Crippen LogP contribution in [0, 0.1) is 40.4 Å². The Morgan fingerprint density at radius 2 is 1.85 bits per heavy atom. The van der Waals surface area contributed by atoms with Crippen LogP contribution in [-0.4, -0.2) is 37.6 Å².